The number of aliphatic imine (C=N–C) groups is 1. The Morgan fingerprint density at radius 1 is 1.16 bits per heavy atom. The number of guanidine groups is 2. The quantitative estimate of drug-likeness (QED) is 0.0690. The number of aliphatic hydroxyl groups is 1. The van der Waals surface area contributed by atoms with Gasteiger partial charge >= 0.3 is 12.1 Å². The number of aliphatic hydroxyl groups excluding tert-OH is 1. The topological polar surface area (TPSA) is 279 Å². The lowest BCUT2D eigenvalue weighted by molar-refractivity contribution is -0.192. The highest BCUT2D eigenvalue weighted by Crippen LogP contribution is 2.15. The standard InChI is InChI=1S/C21H35N9O5S.C2HF3O2/c22-20(23)26-10-4-8-15(29-36(34,35)13-14-6-2-1-3-7-14)18(32)27-12-17(31)28-16-9-5-11-30(19(16)33)21(24)25;3-2(4,5)1(6)7/h1-3,6-7,15-16,19,29,33H,4-5,8-13H2,(H3,24,25)(H,27,32)(H,28,31)(H4,22,23,26);(H,6,7)/t15-,16+,19?;/m1./s1. The fraction of sp³-hybridized carbons (Fsp3) is 0.522. The molecule has 0 aromatic heterocycles. The summed E-state index contributed by atoms with van der Waals surface area (Å²) in [7, 11) is -3.88. The summed E-state index contributed by atoms with van der Waals surface area (Å²) in [4.78, 5) is 39.2. The SMILES string of the molecule is N=C(N)N1CCC[C@H](NC(=O)CNC(=O)[C@@H](CCCN=C(N)N)NS(=O)(=O)Cc2ccccc2)C1O.O=C(O)C(F)(F)F. The first-order valence-electron chi connectivity index (χ1n) is 12.7. The number of nitrogens with one attached hydrogen (secondary N) is 4. The van der Waals surface area contributed by atoms with Crippen molar-refractivity contribution < 1.29 is 46.2 Å². The number of rotatable bonds is 12. The number of carboxylic acid groups (broad SMARTS) is 1. The van der Waals surface area contributed by atoms with E-state index in [2.05, 4.69) is 20.3 Å². The summed E-state index contributed by atoms with van der Waals surface area (Å²) < 4.78 is 59.5. The largest absolute Gasteiger partial charge is 0.490 e. The van der Waals surface area contributed by atoms with E-state index < -0.39 is 58.8 Å². The Bertz CT molecular complexity index is 1230. The average Bonchev–Trinajstić information content (AvgIpc) is 2.90. The summed E-state index contributed by atoms with van der Waals surface area (Å²) in [6.07, 6.45) is -4.77. The van der Waals surface area contributed by atoms with Gasteiger partial charge in [-0.05, 0) is 31.2 Å². The number of benzene rings is 1. The molecule has 2 amide bonds. The van der Waals surface area contributed by atoms with Crippen LogP contribution in [0.2, 0.25) is 0 Å². The highest BCUT2D eigenvalue weighted by molar-refractivity contribution is 7.88. The highest BCUT2D eigenvalue weighted by atomic mass is 32.2. The van der Waals surface area contributed by atoms with Gasteiger partial charge in [-0.2, -0.15) is 13.2 Å². The Kier molecular flexibility index (Phi) is 14.6. The Balaban J connectivity index is 0.00000117. The van der Waals surface area contributed by atoms with Crippen molar-refractivity contribution in [2.75, 3.05) is 19.6 Å². The molecule has 1 heterocycles. The van der Waals surface area contributed by atoms with Gasteiger partial charge in [0, 0.05) is 13.1 Å². The van der Waals surface area contributed by atoms with Gasteiger partial charge < -0.3 is 42.9 Å². The van der Waals surface area contributed by atoms with Crippen LogP contribution in [-0.4, -0.2) is 97.4 Å². The number of carbonyl (C=O) groups excluding carboxylic acids is 2. The lowest BCUT2D eigenvalue weighted by Gasteiger charge is -2.38. The van der Waals surface area contributed by atoms with Gasteiger partial charge in [-0.25, -0.2) is 17.9 Å². The maximum Gasteiger partial charge on any atom is 0.490 e. The molecule has 3 atom stereocenters. The summed E-state index contributed by atoms with van der Waals surface area (Å²) in [5.74, 6) is -4.78. The lowest BCUT2D eigenvalue weighted by Crippen LogP contribution is -2.59. The van der Waals surface area contributed by atoms with Crippen molar-refractivity contribution in [3.63, 3.8) is 0 Å². The van der Waals surface area contributed by atoms with Gasteiger partial charge in [0.1, 0.15) is 12.3 Å². The summed E-state index contributed by atoms with van der Waals surface area (Å²) >= 11 is 0. The van der Waals surface area contributed by atoms with Crippen LogP contribution in [0.5, 0.6) is 0 Å². The van der Waals surface area contributed by atoms with Gasteiger partial charge in [0.15, 0.2) is 11.9 Å². The van der Waals surface area contributed by atoms with E-state index in [1.807, 2.05) is 0 Å². The minimum absolute atomic E-state index is 0.0904. The zero-order valence-electron chi connectivity index (χ0n) is 22.9. The molecule has 242 valence electrons. The van der Waals surface area contributed by atoms with Gasteiger partial charge in [0.05, 0.1) is 18.3 Å². The van der Waals surface area contributed by atoms with Crippen LogP contribution in [0.3, 0.4) is 0 Å². The van der Waals surface area contributed by atoms with Gasteiger partial charge in [-0.15, -0.1) is 0 Å². The number of alkyl halides is 3. The van der Waals surface area contributed by atoms with Crippen molar-refractivity contribution in [2.24, 2.45) is 22.2 Å². The molecule has 16 nitrogen and oxygen atoms in total. The number of carbonyl (C=O) groups is 3. The van der Waals surface area contributed by atoms with Crippen molar-refractivity contribution >= 4 is 39.7 Å². The third kappa shape index (κ3) is 14.5. The third-order valence-corrected chi connectivity index (χ3v) is 7.05. The third-order valence-electron chi connectivity index (χ3n) is 5.70. The zero-order valence-corrected chi connectivity index (χ0v) is 23.7. The van der Waals surface area contributed by atoms with Crippen LogP contribution in [0.1, 0.15) is 31.2 Å². The molecule has 2 rings (SSSR count). The van der Waals surface area contributed by atoms with E-state index in [4.69, 9.17) is 32.5 Å². The van der Waals surface area contributed by atoms with Crippen molar-refractivity contribution in [1.82, 2.24) is 20.3 Å². The average molecular weight is 640 g/mol. The first-order chi connectivity index (χ1) is 19.9. The second-order valence-electron chi connectivity index (χ2n) is 9.19. The van der Waals surface area contributed by atoms with Crippen molar-refractivity contribution in [3.8, 4) is 0 Å². The van der Waals surface area contributed by atoms with E-state index in [0.29, 0.717) is 31.4 Å². The first kappa shape index (κ1) is 36.9. The molecule has 1 aromatic carbocycles. The number of sulfonamides is 1. The van der Waals surface area contributed by atoms with Crippen LogP contribution in [0.15, 0.2) is 35.3 Å². The van der Waals surface area contributed by atoms with Crippen molar-refractivity contribution in [2.45, 2.75) is 55.9 Å². The summed E-state index contributed by atoms with van der Waals surface area (Å²) in [5.41, 5.74) is 16.6. The Morgan fingerprint density at radius 3 is 2.30 bits per heavy atom. The van der Waals surface area contributed by atoms with Crippen molar-refractivity contribution in [3.05, 3.63) is 35.9 Å². The van der Waals surface area contributed by atoms with Gasteiger partial charge in [0.25, 0.3) is 0 Å². The Morgan fingerprint density at radius 2 is 1.77 bits per heavy atom. The molecule has 43 heavy (non-hydrogen) atoms. The number of hydrogen-bond acceptors (Lipinski definition) is 8. The van der Waals surface area contributed by atoms with E-state index in [1.165, 1.54) is 4.90 Å². The molecule has 0 radical (unpaired) electrons. The van der Waals surface area contributed by atoms with Crippen LogP contribution in [0.25, 0.3) is 0 Å². The van der Waals surface area contributed by atoms with E-state index in [1.54, 1.807) is 30.3 Å². The second kappa shape index (κ2) is 17.1. The number of likely N-dealkylation sites (tertiary alicyclic amines) is 1. The van der Waals surface area contributed by atoms with E-state index in [0.717, 1.165) is 0 Å². The molecular weight excluding hydrogens is 603 g/mol. The molecule has 1 aliphatic heterocycles. The molecule has 0 spiro atoms. The van der Waals surface area contributed by atoms with E-state index in [9.17, 15) is 36.3 Å². The molecule has 1 fully saturated rings. The molecule has 1 saturated heterocycles. The van der Waals surface area contributed by atoms with Gasteiger partial charge in [-0.3, -0.25) is 20.0 Å². The molecule has 12 N–H and O–H groups in total. The molecular formula is C23H36F3N9O7S. The summed E-state index contributed by atoms with van der Waals surface area (Å²) in [6, 6.07) is 6.66. The predicted octanol–water partition coefficient (Wildman–Crippen LogP) is -1.93. The van der Waals surface area contributed by atoms with Crippen LogP contribution in [-0.2, 0) is 30.2 Å². The number of hydrogen-bond donors (Lipinski definition) is 9. The molecule has 1 unspecified atom stereocenters. The Labute approximate surface area is 245 Å². The normalized spacial score (nSPS) is 17.4. The lowest BCUT2D eigenvalue weighted by atomic mass is 10.0. The highest BCUT2D eigenvalue weighted by Gasteiger charge is 2.38. The number of amides is 2. The smallest absolute Gasteiger partial charge is 0.475 e. The number of halogens is 3. The fourth-order valence-corrected chi connectivity index (χ4v) is 5.11. The monoisotopic (exact) mass is 639 g/mol. The van der Waals surface area contributed by atoms with Gasteiger partial charge in [0.2, 0.25) is 21.8 Å². The van der Waals surface area contributed by atoms with Crippen LogP contribution in [0.4, 0.5) is 13.2 Å². The van der Waals surface area contributed by atoms with Crippen LogP contribution in [0, 0.1) is 5.41 Å². The number of aliphatic carboxylic acids is 1. The van der Waals surface area contributed by atoms with E-state index >= 15 is 0 Å². The molecule has 0 aliphatic carbocycles. The molecule has 0 bridgehead atoms. The number of nitrogens with two attached hydrogens (primary N) is 3. The second-order valence-corrected chi connectivity index (χ2v) is 10.9. The molecule has 0 saturated carbocycles. The van der Waals surface area contributed by atoms with Crippen molar-refractivity contribution in [1.29, 1.82) is 5.41 Å². The maximum absolute atomic E-state index is 12.8. The Hall–Kier alpha value is -4.17. The fourth-order valence-electron chi connectivity index (χ4n) is 3.74. The van der Waals surface area contributed by atoms with Crippen LogP contribution >= 0.6 is 0 Å². The first-order valence-corrected chi connectivity index (χ1v) is 14.3. The minimum Gasteiger partial charge on any atom is -0.475 e. The molecule has 1 aromatic rings. The summed E-state index contributed by atoms with van der Waals surface area (Å²) in [6.45, 7) is 0.149. The molecule has 1 aliphatic rings. The maximum atomic E-state index is 12.8. The number of carboxylic acids is 1. The van der Waals surface area contributed by atoms with Crippen LogP contribution < -0.4 is 32.6 Å². The number of nitrogens with zero attached hydrogens (tertiary/aromatic N) is 2. The van der Waals surface area contributed by atoms with Gasteiger partial charge in [-0.1, -0.05) is 30.3 Å². The number of piperidine rings is 1. The minimum atomic E-state index is -5.08. The predicted molar refractivity (Wildman–Crippen MR) is 148 cm³/mol. The zero-order chi connectivity index (χ0) is 32.8. The molecule has 20 heteroatoms. The summed E-state index contributed by atoms with van der Waals surface area (Å²) in [5, 5.41) is 30.0. The van der Waals surface area contributed by atoms with E-state index in [-0.39, 0.29) is 30.6 Å².